The van der Waals surface area contributed by atoms with Gasteiger partial charge in [0.1, 0.15) is 6.29 Å². The molecule has 0 N–H and O–H groups in total. The quantitative estimate of drug-likeness (QED) is 0.783. The molecule has 0 saturated carbocycles. The number of amides is 1. The van der Waals surface area contributed by atoms with E-state index in [-0.39, 0.29) is 6.42 Å². The molecule has 1 aromatic carbocycles. The second kappa shape index (κ2) is 5.47. The second-order valence-electron chi connectivity index (χ2n) is 4.77. The highest BCUT2D eigenvalue weighted by Gasteiger charge is 2.46. The first kappa shape index (κ1) is 13.6. The van der Waals surface area contributed by atoms with Crippen LogP contribution in [0.1, 0.15) is 18.4 Å². The van der Waals surface area contributed by atoms with Crippen LogP contribution in [0.3, 0.4) is 0 Å². The second-order valence-corrected chi connectivity index (χ2v) is 4.77. The zero-order valence-corrected chi connectivity index (χ0v) is 10.4. The van der Waals surface area contributed by atoms with E-state index in [1.165, 1.54) is 0 Å². The first-order chi connectivity index (χ1) is 9.02. The summed E-state index contributed by atoms with van der Waals surface area (Å²) in [5.74, 6) is -3.34. The van der Waals surface area contributed by atoms with Crippen LogP contribution in [0.5, 0.6) is 0 Å². The van der Waals surface area contributed by atoms with Crippen LogP contribution in [0.2, 0.25) is 0 Å². The minimum atomic E-state index is -2.95. The largest absolute Gasteiger partial charge is 0.327 e. The molecule has 2 rings (SSSR count). The smallest absolute Gasteiger partial charge is 0.267 e. The van der Waals surface area contributed by atoms with Crippen LogP contribution in [-0.2, 0) is 16.0 Å². The monoisotopic (exact) mass is 267 g/mol. The average Bonchev–Trinajstić information content (AvgIpc) is 2.72. The Balaban J connectivity index is 1.94. The number of rotatable bonds is 4. The molecule has 5 heteroatoms. The van der Waals surface area contributed by atoms with Gasteiger partial charge in [0.2, 0.25) is 5.91 Å². The lowest BCUT2D eigenvalue weighted by atomic mass is 10.1. The molecule has 19 heavy (non-hydrogen) atoms. The number of hydrogen-bond acceptors (Lipinski definition) is 2. The fourth-order valence-electron chi connectivity index (χ4n) is 2.28. The van der Waals surface area contributed by atoms with E-state index in [1.54, 1.807) is 0 Å². The third kappa shape index (κ3) is 3.36. The van der Waals surface area contributed by atoms with Crippen molar-refractivity contribution in [3.05, 3.63) is 35.9 Å². The van der Waals surface area contributed by atoms with Crippen molar-refractivity contribution in [2.75, 3.05) is 6.54 Å². The number of carbonyl (C=O) groups is 2. The summed E-state index contributed by atoms with van der Waals surface area (Å²) in [6, 6.07) is 8.36. The predicted octanol–water partition coefficient (Wildman–Crippen LogP) is 2.05. The molecule has 1 atom stereocenters. The summed E-state index contributed by atoms with van der Waals surface area (Å²) < 4.78 is 26.4. The van der Waals surface area contributed by atoms with Crippen LogP contribution in [0.25, 0.3) is 0 Å². The van der Waals surface area contributed by atoms with Gasteiger partial charge in [-0.05, 0) is 12.0 Å². The van der Waals surface area contributed by atoms with E-state index in [4.69, 9.17) is 0 Å². The molecule has 1 aromatic rings. The van der Waals surface area contributed by atoms with Crippen LogP contribution in [0.4, 0.5) is 8.78 Å². The molecule has 1 saturated heterocycles. The molecule has 1 amide bonds. The number of halogens is 2. The summed E-state index contributed by atoms with van der Waals surface area (Å²) in [6.45, 7) is -0.649. The van der Waals surface area contributed by atoms with Crippen LogP contribution in [0, 0.1) is 0 Å². The maximum atomic E-state index is 13.2. The van der Waals surface area contributed by atoms with Gasteiger partial charge in [-0.3, -0.25) is 4.79 Å². The number of likely N-dealkylation sites (tertiary alicyclic amines) is 1. The summed E-state index contributed by atoms with van der Waals surface area (Å²) in [5, 5.41) is 0. The van der Waals surface area contributed by atoms with Gasteiger partial charge in [-0.2, -0.15) is 0 Å². The molecule has 0 bridgehead atoms. The number of aryl methyl sites for hydroxylation is 1. The highest BCUT2D eigenvalue weighted by atomic mass is 19.3. The Bertz CT molecular complexity index is 462. The third-order valence-corrected chi connectivity index (χ3v) is 3.26. The maximum Gasteiger partial charge on any atom is 0.267 e. The third-order valence-electron chi connectivity index (χ3n) is 3.26. The minimum absolute atomic E-state index is 0.143. The standard InChI is InChI=1S/C14H15F2NO2/c15-14(16)8-12(9-18)17(10-14)13(19)7-6-11-4-2-1-3-5-11/h1-5,9,12H,6-8,10H2/t12-/m0/s1. The highest BCUT2D eigenvalue weighted by Crippen LogP contribution is 2.31. The van der Waals surface area contributed by atoms with Crippen molar-refractivity contribution in [1.29, 1.82) is 0 Å². The van der Waals surface area contributed by atoms with E-state index in [0.29, 0.717) is 12.7 Å². The molecule has 1 aliphatic heterocycles. The van der Waals surface area contributed by atoms with Crippen LogP contribution in [-0.4, -0.2) is 35.6 Å². The molecule has 1 heterocycles. The molecule has 0 unspecified atom stereocenters. The Kier molecular flexibility index (Phi) is 3.93. The lowest BCUT2D eigenvalue weighted by Gasteiger charge is -2.19. The van der Waals surface area contributed by atoms with Gasteiger partial charge >= 0.3 is 0 Å². The van der Waals surface area contributed by atoms with Crippen molar-refractivity contribution in [3.8, 4) is 0 Å². The Hall–Kier alpha value is -1.78. The van der Waals surface area contributed by atoms with Crippen molar-refractivity contribution in [2.45, 2.75) is 31.2 Å². The van der Waals surface area contributed by atoms with Gasteiger partial charge in [-0.25, -0.2) is 8.78 Å². The molecule has 3 nitrogen and oxygen atoms in total. The van der Waals surface area contributed by atoms with Gasteiger partial charge in [0, 0.05) is 12.8 Å². The van der Waals surface area contributed by atoms with Gasteiger partial charge < -0.3 is 9.69 Å². The van der Waals surface area contributed by atoms with Crippen molar-refractivity contribution in [1.82, 2.24) is 4.90 Å². The Morgan fingerprint density at radius 3 is 2.68 bits per heavy atom. The van der Waals surface area contributed by atoms with Crippen molar-refractivity contribution < 1.29 is 18.4 Å². The van der Waals surface area contributed by atoms with E-state index in [1.807, 2.05) is 30.3 Å². The number of hydrogen-bond donors (Lipinski definition) is 0. The van der Waals surface area contributed by atoms with E-state index >= 15 is 0 Å². The molecule has 1 aliphatic rings. The lowest BCUT2D eigenvalue weighted by molar-refractivity contribution is -0.135. The van der Waals surface area contributed by atoms with Crippen LogP contribution in [0.15, 0.2) is 30.3 Å². The van der Waals surface area contributed by atoms with Gasteiger partial charge in [-0.15, -0.1) is 0 Å². The number of alkyl halides is 2. The molecule has 102 valence electrons. The summed E-state index contributed by atoms with van der Waals surface area (Å²) in [4.78, 5) is 23.7. The Morgan fingerprint density at radius 2 is 2.05 bits per heavy atom. The van der Waals surface area contributed by atoms with Gasteiger partial charge in [0.05, 0.1) is 12.6 Å². The molecule has 0 spiro atoms. The SMILES string of the molecule is O=C[C@@H]1CC(F)(F)CN1C(=O)CCc1ccccc1. The van der Waals surface area contributed by atoms with E-state index < -0.39 is 30.8 Å². The number of benzene rings is 1. The average molecular weight is 267 g/mol. The first-order valence-corrected chi connectivity index (χ1v) is 6.18. The molecule has 0 radical (unpaired) electrons. The summed E-state index contributed by atoms with van der Waals surface area (Å²) in [5.41, 5.74) is 0.976. The van der Waals surface area contributed by atoms with Gasteiger partial charge in [0.25, 0.3) is 5.92 Å². The van der Waals surface area contributed by atoms with E-state index in [2.05, 4.69) is 0 Å². The summed E-state index contributed by atoms with van der Waals surface area (Å²) in [7, 11) is 0. The lowest BCUT2D eigenvalue weighted by Crippen LogP contribution is -2.37. The molecule has 0 aromatic heterocycles. The van der Waals surface area contributed by atoms with Crippen LogP contribution < -0.4 is 0 Å². The van der Waals surface area contributed by atoms with Gasteiger partial charge in [0.15, 0.2) is 0 Å². The number of nitrogens with zero attached hydrogens (tertiary/aromatic N) is 1. The maximum absolute atomic E-state index is 13.2. The zero-order valence-electron chi connectivity index (χ0n) is 10.4. The summed E-state index contributed by atoms with van der Waals surface area (Å²) >= 11 is 0. The van der Waals surface area contributed by atoms with Crippen molar-refractivity contribution >= 4 is 12.2 Å². The summed E-state index contributed by atoms with van der Waals surface area (Å²) in [6.07, 6.45) is 0.507. The van der Waals surface area contributed by atoms with Gasteiger partial charge in [-0.1, -0.05) is 30.3 Å². The minimum Gasteiger partial charge on any atom is -0.327 e. The van der Waals surface area contributed by atoms with E-state index in [9.17, 15) is 18.4 Å². The number of aldehydes is 1. The fraction of sp³-hybridized carbons (Fsp3) is 0.429. The van der Waals surface area contributed by atoms with Crippen molar-refractivity contribution in [3.63, 3.8) is 0 Å². The molecule has 1 fully saturated rings. The zero-order chi connectivity index (χ0) is 13.9. The topological polar surface area (TPSA) is 37.4 Å². The fourth-order valence-corrected chi connectivity index (χ4v) is 2.28. The normalized spacial score (nSPS) is 21.4. The molecule has 0 aliphatic carbocycles. The molecular formula is C14H15F2NO2. The van der Waals surface area contributed by atoms with Crippen LogP contribution >= 0.6 is 0 Å². The predicted molar refractivity (Wildman–Crippen MR) is 65.9 cm³/mol. The Morgan fingerprint density at radius 1 is 1.37 bits per heavy atom. The number of carbonyl (C=O) groups excluding carboxylic acids is 2. The molecular weight excluding hydrogens is 252 g/mol. The highest BCUT2D eigenvalue weighted by molar-refractivity contribution is 5.80. The first-order valence-electron chi connectivity index (χ1n) is 6.18. The van der Waals surface area contributed by atoms with Crippen molar-refractivity contribution in [2.24, 2.45) is 0 Å². The van der Waals surface area contributed by atoms with E-state index in [0.717, 1.165) is 10.5 Å². The Labute approximate surface area is 110 Å².